The third-order valence-electron chi connectivity index (χ3n) is 2.02. The molecule has 0 unspecified atom stereocenters. The molecular weight excluding hydrogens is 247 g/mol. The van der Waals surface area contributed by atoms with Crippen molar-refractivity contribution in [3.05, 3.63) is 33.8 Å². The average molecular weight is 261 g/mol. The van der Waals surface area contributed by atoms with Gasteiger partial charge < -0.3 is 10.2 Å². The van der Waals surface area contributed by atoms with E-state index in [4.69, 9.17) is 23.2 Å². The number of amides is 1. The lowest BCUT2D eigenvalue weighted by molar-refractivity contribution is 0.0951. The van der Waals surface area contributed by atoms with Crippen molar-refractivity contribution in [1.82, 2.24) is 10.2 Å². The molecule has 1 amide bonds. The van der Waals surface area contributed by atoms with Crippen LogP contribution in [0.2, 0.25) is 10.0 Å². The normalized spacial score (nSPS) is 10.6. The second-order valence-corrected chi connectivity index (χ2v) is 4.53. The Morgan fingerprint density at radius 3 is 2.62 bits per heavy atom. The lowest BCUT2D eigenvalue weighted by atomic mass is 10.2. The third kappa shape index (κ3) is 4.00. The van der Waals surface area contributed by atoms with Gasteiger partial charge in [0.15, 0.2) is 0 Å². The highest BCUT2D eigenvalue weighted by molar-refractivity contribution is 6.36. The molecule has 1 N–H and O–H groups in total. The monoisotopic (exact) mass is 260 g/mol. The van der Waals surface area contributed by atoms with Gasteiger partial charge >= 0.3 is 0 Å². The highest BCUT2D eigenvalue weighted by Crippen LogP contribution is 2.20. The number of hydrogen-bond donors (Lipinski definition) is 1. The Morgan fingerprint density at radius 2 is 2.06 bits per heavy atom. The Hall–Kier alpha value is -0.770. The molecule has 0 spiro atoms. The number of nitrogens with zero attached hydrogens (tertiary/aromatic N) is 1. The molecule has 0 saturated carbocycles. The maximum absolute atomic E-state index is 11.7. The van der Waals surface area contributed by atoms with Crippen LogP contribution in [0.1, 0.15) is 10.4 Å². The largest absolute Gasteiger partial charge is 0.351 e. The van der Waals surface area contributed by atoms with E-state index in [-0.39, 0.29) is 5.91 Å². The van der Waals surface area contributed by atoms with Crippen LogP contribution in [0.3, 0.4) is 0 Å². The summed E-state index contributed by atoms with van der Waals surface area (Å²) in [6.07, 6.45) is 0. The van der Waals surface area contributed by atoms with Gasteiger partial charge in [-0.3, -0.25) is 4.79 Å². The van der Waals surface area contributed by atoms with Crippen LogP contribution in [0.25, 0.3) is 0 Å². The van der Waals surface area contributed by atoms with Crippen LogP contribution in [-0.2, 0) is 0 Å². The second kappa shape index (κ2) is 6.09. The van der Waals surface area contributed by atoms with Crippen LogP contribution in [0.4, 0.5) is 0 Å². The Balaban J connectivity index is 2.59. The van der Waals surface area contributed by atoms with Gasteiger partial charge in [-0.1, -0.05) is 23.2 Å². The van der Waals surface area contributed by atoms with Gasteiger partial charge in [0.25, 0.3) is 5.91 Å². The van der Waals surface area contributed by atoms with Crippen molar-refractivity contribution in [1.29, 1.82) is 0 Å². The Labute approximate surface area is 105 Å². The first-order chi connectivity index (χ1) is 7.50. The fourth-order valence-electron chi connectivity index (χ4n) is 1.16. The second-order valence-electron chi connectivity index (χ2n) is 3.68. The smallest absolute Gasteiger partial charge is 0.252 e. The summed E-state index contributed by atoms with van der Waals surface area (Å²) in [5, 5.41) is 3.68. The predicted molar refractivity (Wildman–Crippen MR) is 67.3 cm³/mol. The molecule has 0 heterocycles. The maximum atomic E-state index is 11.7. The fraction of sp³-hybridized carbons (Fsp3) is 0.364. The Kier molecular flexibility index (Phi) is 5.06. The standard InChI is InChI=1S/C11H14Cl2N2O/c1-15(2)6-5-14-11(16)9-4-3-8(12)7-10(9)13/h3-4,7H,5-6H2,1-2H3,(H,14,16). The number of rotatable bonds is 4. The van der Waals surface area contributed by atoms with E-state index >= 15 is 0 Å². The summed E-state index contributed by atoms with van der Waals surface area (Å²) in [5.74, 6) is -0.177. The van der Waals surface area contributed by atoms with Gasteiger partial charge in [0.2, 0.25) is 0 Å². The van der Waals surface area contributed by atoms with E-state index in [9.17, 15) is 4.79 Å². The molecular formula is C11H14Cl2N2O. The molecule has 0 aliphatic rings. The van der Waals surface area contributed by atoms with E-state index in [0.29, 0.717) is 22.2 Å². The number of nitrogens with one attached hydrogen (secondary N) is 1. The summed E-state index contributed by atoms with van der Waals surface area (Å²) in [6.45, 7) is 1.38. The van der Waals surface area contributed by atoms with Crippen LogP contribution >= 0.6 is 23.2 Å². The molecule has 5 heteroatoms. The van der Waals surface area contributed by atoms with Gasteiger partial charge in [-0.15, -0.1) is 0 Å². The summed E-state index contributed by atoms with van der Waals surface area (Å²) < 4.78 is 0. The predicted octanol–water partition coefficient (Wildman–Crippen LogP) is 2.28. The number of carbonyl (C=O) groups is 1. The lowest BCUT2D eigenvalue weighted by Crippen LogP contribution is -2.31. The van der Waals surface area contributed by atoms with Crippen molar-refractivity contribution in [2.24, 2.45) is 0 Å². The molecule has 1 rings (SSSR count). The number of hydrogen-bond acceptors (Lipinski definition) is 2. The molecule has 0 saturated heterocycles. The van der Waals surface area contributed by atoms with Gasteiger partial charge in [0, 0.05) is 18.1 Å². The maximum Gasteiger partial charge on any atom is 0.252 e. The van der Waals surface area contributed by atoms with E-state index < -0.39 is 0 Å². The van der Waals surface area contributed by atoms with Crippen molar-refractivity contribution >= 4 is 29.1 Å². The zero-order valence-electron chi connectivity index (χ0n) is 9.26. The molecule has 1 aromatic carbocycles. The van der Waals surface area contributed by atoms with Gasteiger partial charge in [-0.25, -0.2) is 0 Å². The SMILES string of the molecule is CN(C)CCNC(=O)c1ccc(Cl)cc1Cl. The summed E-state index contributed by atoms with van der Waals surface area (Å²) in [6, 6.07) is 4.83. The van der Waals surface area contributed by atoms with Crippen LogP contribution in [0, 0.1) is 0 Å². The molecule has 0 aromatic heterocycles. The first-order valence-electron chi connectivity index (χ1n) is 4.88. The quantitative estimate of drug-likeness (QED) is 0.901. The van der Waals surface area contributed by atoms with Crippen molar-refractivity contribution in [3.8, 4) is 0 Å². The fourth-order valence-corrected chi connectivity index (χ4v) is 1.66. The molecule has 0 bridgehead atoms. The molecule has 16 heavy (non-hydrogen) atoms. The highest BCUT2D eigenvalue weighted by Gasteiger charge is 2.09. The minimum absolute atomic E-state index is 0.177. The molecule has 88 valence electrons. The third-order valence-corrected chi connectivity index (χ3v) is 2.57. The molecule has 1 aromatic rings. The average Bonchev–Trinajstić information content (AvgIpc) is 2.16. The Morgan fingerprint density at radius 1 is 1.38 bits per heavy atom. The highest BCUT2D eigenvalue weighted by atomic mass is 35.5. The van der Waals surface area contributed by atoms with E-state index in [1.807, 2.05) is 19.0 Å². The number of halogens is 2. The van der Waals surface area contributed by atoms with Crippen molar-refractivity contribution in [3.63, 3.8) is 0 Å². The molecule has 0 atom stereocenters. The minimum atomic E-state index is -0.177. The summed E-state index contributed by atoms with van der Waals surface area (Å²) in [4.78, 5) is 13.7. The number of carbonyl (C=O) groups excluding carboxylic acids is 1. The molecule has 0 aliphatic heterocycles. The first-order valence-corrected chi connectivity index (χ1v) is 5.64. The topological polar surface area (TPSA) is 32.3 Å². The van der Waals surface area contributed by atoms with Gasteiger partial charge in [-0.05, 0) is 32.3 Å². The van der Waals surface area contributed by atoms with Gasteiger partial charge in [0.1, 0.15) is 0 Å². The van der Waals surface area contributed by atoms with E-state index in [2.05, 4.69) is 5.32 Å². The van der Waals surface area contributed by atoms with Crippen LogP contribution in [0.5, 0.6) is 0 Å². The first kappa shape index (κ1) is 13.3. The van der Waals surface area contributed by atoms with E-state index in [1.54, 1.807) is 18.2 Å². The zero-order valence-corrected chi connectivity index (χ0v) is 10.8. The van der Waals surface area contributed by atoms with Crippen molar-refractivity contribution in [2.75, 3.05) is 27.2 Å². The van der Waals surface area contributed by atoms with Crippen LogP contribution in [0.15, 0.2) is 18.2 Å². The van der Waals surface area contributed by atoms with Crippen LogP contribution in [-0.4, -0.2) is 38.0 Å². The lowest BCUT2D eigenvalue weighted by Gasteiger charge is -2.11. The van der Waals surface area contributed by atoms with Gasteiger partial charge in [-0.2, -0.15) is 0 Å². The summed E-state index contributed by atoms with van der Waals surface area (Å²) >= 11 is 11.7. The number of benzene rings is 1. The Bertz CT molecular complexity index is 380. The molecule has 0 fully saturated rings. The molecule has 3 nitrogen and oxygen atoms in total. The summed E-state index contributed by atoms with van der Waals surface area (Å²) in [5.41, 5.74) is 0.449. The molecule has 0 aliphatic carbocycles. The van der Waals surface area contributed by atoms with Crippen molar-refractivity contribution < 1.29 is 4.79 Å². The van der Waals surface area contributed by atoms with Crippen molar-refractivity contribution in [2.45, 2.75) is 0 Å². The minimum Gasteiger partial charge on any atom is -0.351 e. The summed E-state index contributed by atoms with van der Waals surface area (Å²) in [7, 11) is 3.89. The van der Waals surface area contributed by atoms with Gasteiger partial charge in [0.05, 0.1) is 10.6 Å². The molecule has 0 radical (unpaired) electrons. The zero-order chi connectivity index (χ0) is 12.1. The number of likely N-dealkylation sites (N-methyl/N-ethyl adjacent to an activating group) is 1. The van der Waals surface area contributed by atoms with E-state index in [1.165, 1.54) is 0 Å². The van der Waals surface area contributed by atoms with E-state index in [0.717, 1.165) is 6.54 Å². The van der Waals surface area contributed by atoms with Crippen LogP contribution < -0.4 is 5.32 Å².